The molecule has 0 spiro atoms. The molecule has 0 saturated heterocycles. The van der Waals surface area contributed by atoms with Crippen molar-refractivity contribution in [2.75, 3.05) is 0 Å². The first-order valence-electron chi connectivity index (χ1n) is 6.54. The minimum absolute atomic E-state index is 1.19. The van der Waals surface area contributed by atoms with Crippen LogP contribution in [-0.4, -0.2) is 0 Å². The van der Waals surface area contributed by atoms with Crippen molar-refractivity contribution in [1.82, 2.24) is 0 Å². The fourth-order valence-corrected chi connectivity index (χ4v) is 2.02. The fourth-order valence-electron chi connectivity index (χ4n) is 2.02. The van der Waals surface area contributed by atoms with E-state index in [4.69, 9.17) is 0 Å². The van der Waals surface area contributed by atoms with Gasteiger partial charge in [0.05, 0.1) is 0 Å². The van der Waals surface area contributed by atoms with Crippen LogP contribution in [0.1, 0.15) is 37.5 Å². The summed E-state index contributed by atoms with van der Waals surface area (Å²) in [5.74, 6) is 0. The van der Waals surface area contributed by atoms with Gasteiger partial charge >= 0.3 is 0 Å². The van der Waals surface area contributed by atoms with E-state index < -0.39 is 0 Å². The molecule has 0 N–H and O–H groups in total. The molecule has 0 heteroatoms. The molecule has 2 aromatic carbocycles. The van der Waals surface area contributed by atoms with Gasteiger partial charge in [0, 0.05) is 0 Å². The lowest BCUT2D eigenvalue weighted by atomic mass is 9.98. The van der Waals surface area contributed by atoms with Crippen LogP contribution in [0.2, 0.25) is 0 Å². The Morgan fingerprint density at radius 1 is 1.06 bits per heavy atom. The number of aryl methyl sites for hydroxylation is 1. The zero-order chi connectivity index (χ0) is 13.5. The quantitative estimate of drug-likeness (QED) is 0.615. The minimum Gasteiger partial charge on any atom is -0.0984 e. The Bertz CT molecular complexity index is 560. The number of hydrogen-bond acceptors (Lipinski definition) is 0. The largest absolute Gasteiger partial charge is 0.0984 e. The van der Waals surface area contributed by atoms with Gasteiger partial charge in [-0.15, -0.1) is 0 Å². The molecule has 18 heavy (non-hydrogen) atoms. The van der Waals surface area contributed by atoms with E-state index in [1.54, 1.807) is 0 Å². The van der Waals surface area contributed by atoms with Gasteiger partial charge in [0.1, 0.15) is 0 Å². The first-order chi connectivity index (χ1) is 8.76. The Balaban J connectivity index is 0.000000771. The van der Waals surface area contributed by atoms with E-state index in [9.17, 15) is 0 Å². The highest BCUT2D eigenvalue weighted by Crippen LogP contribution is 2.24. The van der Waals surface area contributed by atoms with Crippen LogP contribution in [0.3, 0.4) is 0 Å². The molecular weight excluding hydrogens is 216 g/mol. The van der Waals surface area contributed by atoms with Gasteiger partial charge in [-0.05, 0) is 53.4 Å². The van der Waals surface area contributed by atoms with Crippen LogP contribution < -0.4 is 0 Å². The summed E-state index contributed by atoms with van der Waals surface area (Å²) >= 11 is 0. The monoisotopic (exact) mass is 238 g/mol. The second-order valence-corrected chi connectivity index (χ2v) is 3.98. The zero-order valence-electron chi connectivity index (χ0n) is 11.8. The molecule has 0 amide bonds. The van der Waals surface area contributed by atoms with Crippen LogP contribution in [0.25, 0.3) is 22.9 Å². The van der Waals surface area contributed by atoms with Crippen molar-refractivity contribution in [3.63, 3.8) is 0 Å². The Kier molecular flexibility index (Phi) is 5.38. The molecule has 0 fully saturated rings. The van der Waals surface area contributed by atoms with Crippen molar-refractivity contribution in [3.05, 3.63) is 59.7 Å². The standard InChI is InChI=1S/C16H16.C2H6/c1-4-7-14-10-15-9-6-8-12(3)16(15)11-13(14)5-2;1-2/h4-11H,2H2,1,3H3;1-2H3/b7-4-;. The lowest BCUT2D eigenvalue weighted by Crippen LogP contribution is -1.84. The van der Waals surface area contributed by atoms with Crippen molar-refractivity contribution in [2.24, 2.45) is 0 Å². The predicted molar refractivity (Wildman–Crippen MR) is 84.8 cm³/mol. The van der Waals surface area contributed by atoms with Crippen molar-refractivity contribution < 1.29 is 0 Å². The molecule has 0 unspecified atom stereocenters. The molecule has 0 aliphatic carbocycles. The Labute approximate surface area is 111 Å². The summed E-state index contributed by atoms with van der Waals surface area (Å²) in [6.45, 7) is 12.1. The van der Waals surface area contributed by atoms with Gasteiger partial charge in [0.25, 0.3) is 0 Å². The van der Waals surface area contributed by atoms with Crippen molar-refractivity contribution in [2.45, 2.75) is 27.7 Å². The normalized spacial score (nSPS) is 10.2. The molecule has 0 radical (unpaired) electrons. The third-order valence-electron chi connectivity index (χ3n) is 2.87. The molecule has 2 rings (SSSR count). The topological polar surface area (TPSA) is 0 Å². The van der Waals surface area contributed by atoms with Crippen LogP contribution in [-0.2, 0) is 0 Å². The maximum Gasteiger partial charge on any atom is -0.0148 e. The van der Waals surface area contributed by atoms with E-state index in [-0.39, 0.29) is 0 Å². The minimum atomic E-state index is 1.19. The molecule has 0 aromatic heterocycles. The Hall–Kier alpha value is -1.82. The summed E-state index contributed by atoms with van der Waals surface area (Å²) in [6.07, 6.45) is 6.10. The highest BCUT2D eigenvalue weighted by atomic mass is 14.1. The Morgan fingerprint density at radius 2 is 1.78 bits per heavy atom. The van der Waals surface area contributed by atoms with Crippen molar-refractivity contribution in [1.29, 1.82) is 0 Å². The van der Waals surface area contributed by atoms with E-state index in [2.05, 4.69) is 56.0 Å². The molecule has 2 aromatic rings. The second-order valence-electron chi connectivity index (χ2n) is 3.98. The van der Waals surface area contributed by atoms with E-state index in [0.717, 1.165) is 0 Å². The van der Waals surface area contributed by atoms with Crippen molar-refractivity contribution >= 4 is 22.9 Å². The lowest BCUT2D eigenvalue weighted by Gasteiger charge is -2.07. The first-order valence-corrected chi connectivity index (χ1v) is 6.54. The van der Waals surface area contributed by atoms with E-state index in [1.807, 2.05) is 26.8 Å². The fraction of sp³-hybridized carbons (Fsp3) is 0.222. The second kappa shape index (κ2) is 6.80. The number of hydrogen-bond donors (Lipinski definition) is 0. The first kappa shape index (κ1) is 14.2. The molecule has 94 valence electrons. The van der Waals surface area contributed by atoms with Crippen LogP contribution in [0, 0.1) is 6.92 Å². The van der Waals surface area contributed by atoms with Gasteiger partial charge in [0.2, 0.25) is 0 Å². The SMILES string of the molecule is C=Cc1cc2c(C)cccc2cc1/C=C\C.CC. The third kappa shape index (κ3) is 2.89. The van der Waals surface area contributed by atoms with E-state index in [1.165, 1.54) is 27.5 Å². The average molecular weight is 238 g/mol. The summed E-state index contributed by atoms with van der Waals surface area (Å²) in [6, 6.07) is 10.8. The highest BCUT2D eigenvalue weighted by Gasteiger charge is 2.01. The number of fused-ring (bicyclic) bond motifs is 1. The molecule has 0 aliphatic rings. The number of rotatable bonds is 2. The van der Waals surface area contributed by atoms with Crippen LogP contribution in [0.5, 0.6) is 0 Å². The van der Waals surface area contributed by atoms with Crippen LogP contribution >= 0.6 is 0 Å². The van der Waals surface area contributed by atoms with Crippen LogP contribution in [0.15, 0.2) is 43.0 Å². The summed E-state index contributed by atoms with van der Waals surface area (Å²) in [5.41, 5.74) is 3.74. The molecule has 0 saturated carbocycles. The molecule has 0 nitrogen and oxygen atoms in total. The maximum atomic E-state index is 3.88. The van der Waals surface area contributed by atoms with E-state index >= 15 is 0 Å². The summed E-state index contributed by atoms with van der Waals surface area (Å²) in [7, 11) is 0. The maximum absolute atomic E-state index is 3.88. The van der Waals surface area contributed by atoms with Gasteiger partial charge in [-0.2, -0.15) is 0 Å². The molecule has 0 heterocycles. The van der Waals surface area contributed by atoms with Gasteiger partial charge < -0.3 is 0 Å². The summed E-state index contributed by atoms with van der Waals surface area (Å²) in [5, 5.41) is 2.60. The van der Waals surface area contributed by atoms with Gasteiger partial charge in [-0.25, -0.2) is 0 Å². The number of allylic oxidation sites excluding steroid dienone is 1. The van der Waals surface area contributed by atoms with Gasteiger partial charge in [0.15, 0.2) is 0 Å². The van der Waals surface area contributed by atoms with Gasteiger partial charge in [-0.1, -0.05) is 56.9 Å². The van der Waals surface area contributed by atoms with Gasteiger partial charge in [-0.3, -0.25) is 0 Å². The lowest BCUT2D eigenvalue weighted by molar-refractivity contribution is 1.50. The third-order valence-corrected chi connectivity index (χ3v) is 2.87. The highest BCUT2D eigenvalue weighted by molar-refractivity contribution is 5.90. The molecule has 0 bridgehead atoms. The predicted octanol–water partition coefficient (Wildman–Crippen LogP) is 5.85. The Morgan fingerprint density at radius 3 is 2.39 bits per heavy atom. The zero-order valence-corrected chi connectivity index (χ0v) is 11.8. The molecule has 0 atom stereocenters. The molecule has 0 aliphatic heterocycles. The summed E-state index contributed by atoms with van der Waals surface area (Å²) in [4.78, 5) is 0. The average Bonchev–Trinajstić information content (AvgIpc) is 2.41. The molecular formula is C18H22. The van der Waals surface area contributed by atoms with E-state index in [0.29, 0.717) is 0 Å². The van der Waals surface area contributed by atoms with Crippen LogP contribution in [0.4, 0.5) is 0 Å². The number of benzene rings is 2. The smallest absolute Gasteiger partial charge is 0.0148 e. The van der Waals surface area contributed by atoms with Crippen molar-refractivity contribution in [3.8, 4) is 0 Å². The summed E-state index contributed by atoms with van der Waals surface area (Å²) < 4.78 is 0.